The maximum Gasteiger partial charge on any atom is 0.360 e. The van der Waals surface area contributed by atoms with E-state index in [0.29, 0.717) is 16.9 Å². The Labute approximate surface area is 136 Å². The molecule has 3 rings (SSSR count). The van der Waals surface area contributed by atoms with Crippen molar-refractivity contribution in [2.24, 2.45) is 7.05 Å². The first-order chi connectivity index (χ1) is 11.6. The molecule has 24 heavy (non-hydrogen) atoms. The number of aromatic nitrogens is 5. The average Bonchev–Trinajstić information content (AvgIpc) is 3.23. The Balaban J connectivity index is 1.80. The molecule has 1 amide bonds. The van der Waals surface area contributed by atoms with Crippen molar-refractivity contribution in [2.75, 3.05) is 12.4 Å². The van der Waals surface area contributed by atoms with Gasteiger partial charge in [-0.05, 0) is 18.2 Å². The molecule has 3 aromatic rings. The molecule has 0 radical (unpaired) electrons. The van der Waals surface area contributed by atoms with Crippen molar-refractivity contribution in [3.63, 3.8) is 0 Å². The highest BCUT2D eigenvalue weighted by Gasteiger charge is 2.12. The first-order valence-corrected chi connectivity index (χ1v) is 6.98. The van der Waals surface area contributed by atoms with Gasteiger partial charge in [0.15, 0.2) is 5.69 Å². The maximum absolute atomic E-state index is 12.1. The van der Waals surface area contributed by atoms with Gasteiger partial charge in [0.25, 0.3) is 5.91 Å². The maximum atomic E-state index is 12.1. The van der Waals surface area contributed by atoms with E-state index in [4.69, 9.17) is 0 Å². The fourth-order valence-electron chi connectivity index (χ4n) is 2.06. The van der Waals surface area contributed by atoms with Crippen molar-refractivity contribution in [1.82, 2.24) is 24.8 Å². The van der Waals surface area contributed by atoms with Gasteiger partial charge in [0.05, 0.1) is 30.8 Å². The first kappa shape index (κ1) is 15.4. The van der Waals surface area contributed by atoms with Gasteiger partial charge in [0, 0.05) is 18.9 Å². The van der Waals surface area contributed by atoms with Crippen molar-refractivity contribution in [2.45, 2.75) is 0 Å². The van der Waals surface area contributed by atoms with Gasteiger partial charge in [-0.25, -0.2) is 9.48 Å². The third-order valence-electron chi connectivity index (χ3n) is 3.22. The van der Waals surface area contributed by atoms with Crippen LogP contribution in [0.25, 0.3) is 5.69 Å². The second-order valence-corrected chi connectivity index (χ2v) is 4.95. The molecule has 9 heteroatoms. The summed E-state index contributed by atoms with van der Waals surface area (Å²) in [5, 5.41) is 14.4. The molecular formula is C15H14N6O3. The highest BCUT2D eigenvalue weighted by atomic mass is 16.5. The van der Waals surface area contributed by atoms with Gasteiger partial charge in [0.2, 0.25) is 0 Å². The van der Waals surface area contributed by atoms with E-state index in [2.05, 4.69) is 25.5 Å². The highest BCUT2D eigenvalue weighted by Crippen LogP contribution is 2.15. The number of hydrogen-bond acceptors (Lipinski definition) is 6. The minimum Gasteiger partial charge on any atom is -0.464 e. The van der Waals surface area contributed by atoms with Crippen LogP contribution in [0, 0.1) is 0 Å². The number of amides is 1. The number of carbonyl (C=O) groups is 2. The van der Waals surface area contributed by atoms with Crippen LogP contribution in [-0.2, 0) is 11.8 Å². The van der Waals surface area contributed by atoms with E-state index >= 15 is 0 Å². The lowest BCUT2D eigenvalue weighted by molar-refractivity contribution is 0.0594. The van der Waals surface area contributed by atoms with Crippen molar-refractivity contribution in [1.29, 1.82) is 0 Å². The van der Waals surface area contributed by atoms with Crippen molar-refractivity contribution in [3.05, 3.63) is 54.1 Å². The molecule has 2 aromatic heterocycles. The fraction of sp³-hybridized carbons (Fsp3) is 0.133. The Morgan fingerprint density at radius 2 is 2.08 bits per heavy atom. The van der Waals surface area contributed by atoms with Crippen LogP contribution >= 0.6 is 0 Å². The second kappa shape index (κ2) is 6.32. The number of carbonyl (C=O) groups excluding carboxylic acids is 2. The number of nitrogens with one attached hydrogen (secondary N) is 1. The van der Waals surface area contributed by atoms with Crippen LogP contribution in [0.1, 0.15) is 20.8 Å². The predicted octanol–water partition coefficient (Wildman–Crippen LogP) is 1.04. The summed E-state index contributed by atoms with van der Waals surface area (Å²) >= 11 is 0. The normalized spacial score (nSPS) is 10.4. The van der Waals surface area contributed by atoms with E-state index in [1.165, 1.54) is 24.2 Å². The van der Waals surface area contributed by atoms with Gasteiger partial charge < -0.3 is 10.1 Å². The molecule has 2 heterocycles. The van der Waals surface area contributed by atoms with Crippen LogP contribution in [0.2, 0.25) is 0 Å². The van der Waals surface area contributed by atoms with Gasteiger partial charge in [-0.1, -0.05) is 11.3 Å². The number of hydrogen-bond donors (Lipinski definition) is 1. The Morgan fingerprint density at radius 3 is 2.79 bits per heavy atom. The molecule has 1 N–H and O–H groups in total. The summed E-state index contributed by atoms with van der Waals surface area (Å²) in [4.78, 5) is 23.6. The molecule has 0 spiro atoms. The third kappa shape index (κ3) is 3.14. The monoisotopic (exact) mass is 326 g/mol. The molecule has 0 aliphatic heterocycles. The lowest BCUT2D eigenvalue weighted by atomic mass is 10.2. The van der Waals surface area contributed by atoms with Crippen molar-refractivity contribution < 1.29 is 14.3 Å². The number of anilines is 1. The lowest BCUT2D eigenvalue weighted by Gasteiger charge is -2.06. The van der Waals surface area contributed by atoms with Crippen LogP contribution in [0.15, 0.2) is 42.9 Å². The first-order valence-electron chi connectivity index (χ1n) is 6.98. The summed E-state index contributed by atoms with van der Waals surface area (Å²) in [5.74, 6) is -0.837. The molecule has 0 saturated carbocycles. The largest absolute Gasteiger partial charge is 0.464 e. The number of benzene rings is 1. The van der Waals surface area contributed by atoms with Crippen LogP contribution in [0.4, 0.5) is 5.69 Å². The third-order valence-corrected chi connectivity index (χ3v) is 3.22. The summed E-state index contributed by atoms with van der Waals surface area (Å²) in [6, 6.07) is 6.99. The quantitative estimate of drug-likeness (QED) is 0.718. The topological polar surface area (TPSA) is 104 Å². The Morgan fingerprint density at radius 1 is 1.25 bits per heavy atom. The number of ether oxygens (including phenoxy) is 1. The average molecular weight is 326 g/mol. The zero-order chi connectivity index (χ0) is 17.1. The van der Waals surface area contributed by atoms with E-state index in [9.17, 15) is 9.59 Å². The molecule has 9 nitrogen and oxygen atoms in total. The smallest absolute Gasteiger partial charge is 0.360 e. The number of methoxy groups -OCH3 is 1. The number of nitrogens with zero attached hydrogens (tertiary/aromatic N) is 5. The van der Waals surface area contributed by atoms with E-state index in [0.717, 1.165) is 0 Å². The predicted molar refractivity (Wildman–Crippen MR) is 83.9 cm³/mol. The van der Waals surface area contributed by atoms with Gasteiger partial charge >= 0.3 is 5.97 Å². The minimum absolute atomic E-state index is 0.0994. The lowest BCUT2D eigenvalue weighted by Crippen LogP contribution is -2.11. The summed E-state index contributed by atoms with van der Waals surface area (Å²) in [7, 11) is 3.01. The second-order valence-electron chi connectivity index (χ2n) is 4.95. The SMILES string of the molecule is COC(=O)c1cn(-c2cccc(NC(=O)c3cnn(C)c3)c2)nn1. The summed E-state index contributed by atoms with van der Waals surface area (Å²) in [6.07, 6.45) is 4.56. The molecule has 0 atom stereocenters. The standard InChI is InChI=1S/C15H14N6O3/c1-20-8-10(7-16-20)14(22)17-11-4-3-5-12(6-11)21-9-13(18-19-21)15(23)24-2/h3-9H,1-2H3,(H,17,22). The number of esters is 1. The molecular weight excluding hydrogens is 312 g/mol. The van der Waals surface area contributed by atoms with Gasteiger partial charge in [-0.2, -0.15) is 5.10 Å². The zero-order valence-corrected chi connectivity index (χ0v) is 13.0. The summed E-state index contributed by atoms with van der Waals surface area (Å²) in [6.45, 7) is 0. The van der Waals surface area contributed by atoms with Crippen LogP contribution in [0.5, 0.6) is 0 Å². The Bertz CT molecular complexity index is 898. The molecule has 0 aliphatic carbocycles. The van der Waals surface area contributed by atoms with Gasteiger partial charge in [-0.3, -0.25) is 9.48 Å². The Kier molecular flexibility index (Phi) is 4.06. The van der Waals surface area contributed by atoms with Crippen molar-refractivity contribution in [3.8, 4) is 5.69 Å². The number of aryl methyl sites for hydroxylation is 1. The molecule has 0 bridgehead atoms. The van der Waals surface area contributed by atoms with Crippen LogP contribution < -0.4 is 5.32 Å². The van der Waals surface area contributed by atoms with E-state index in [1.54, 1.807) is 42.2 Å². The minimum atomic E-state index is -0.567. The Hall–Kier alpha value is -3.49. The van der Waals surface area contributed by atoms with E-state index in [-0.39, 0.29) is 11.6 Å². The van der Waals surface area contributed by atoms with E-state index in [1.807, 2.05) is 0 Å². The van der Waals surface area contributed by atoms with Crippen LogP contribution in [-0.4, -0.2) is 43.8 Å². The van der Waals surface area contributed by atoms with Gasteiger partial charge in [0.1, 0.15) is 0 Å². The van der Waals surface area contributed by atoms with Gasteiger partial charge in [-0.15, -0.1) is 5.10 Å². The molecule has 0 unspecified atom stereocenters. The van der Waals surface area contributed by atoms with Crippen molar-refractivity contribution >= 4 is 17.6 Å². The molecule has 1 aromatic carbocycles. The molecule has 0 aliphatic rings. The molecule has 122 valence electrons. The number of rotatable bonds is 4. The highest BCUT2D eigenvalue weighted by molar-refractivity contribution is 6.04. The summed E-state index contributed by atoms with van der Waals surface area (Å²) in [5.41, 5.74) is 1.78. The fourth-order valence-corrected chi connectivity index (χ4v) is 2.06. The molecule has 0 fully saturated rings. The zero-order valence-electron chi connectivity index (χ0n) is 13.0. The van der Waals surface area contributed by atoms with E-state index < -0.39 is 5.97 Å². The van der Waals surface area contributed by atoms with Crippen LogP contribution in [0.3, 0.4) is 0 Å². The molecule has 0 saturated heterocycles. The summed E-state index contributed by atoms with van der Waals surface area (Å²) < 4.78 is 7.57.